The van der Waals surface area contributed by atoms with Crippen molar-refractivity contribution in [3.63, 3.8) is 0 Å². The summed E-state index contributed by atoms with van der Waals surface area (Å²) in [6.45, 7) is 4.06. The first-order valence-electron chi connectivity index (χ1n) is 8.87. The van der Waals surface area contributed by atoms with E-state index >= 15 is 0 Å². The maximum atomic E-state index is 12.1. The zero-order chi connectivity index (χ0) is 18.5. The fourth-order valence-electron chi connectivity index (χ4n) is 3.02. The maximum Gasteiger partial charge on any atom is 0.251 e. The van der Waals surface area contributed by atoms with Gasteiger partial charge in [-0.3, -0.25) is 9.59 Å². The lowest BCUT2D eigenvalue weighted by Crippen LogP contribution is -2.25. The zero-order valence-electron chi connectivity index (χ0n) is 15.1. The summed E-state index contributed by atoms with van der Waals surface area (Å²) in [4.78, 5) is 28.7. The molecule has 0 aliphatic rings. The van der Waals surface area contributed by atoms with Gasteiger partial charge in [-0.2, -0.15) is 0 Å². The number of hydrogen-bond acceptors (Lipinski definition) is 3. The van der Waals surface area contributed by atoms with E-state index in [1.165, 1.54) is 0 Å². The Morgan fingerprint density at radius 3 is 2.50 bits per heavy atom. The Hall–Kier alpha value is -2.95. The molecule has 5 nitrogen and oxygen atoms in total. The monoisotopic (exact) mass is 349 g/mol. The molecule has 0 aliphatic heterocycles. The number of aromatic nitrogens is 2. The first kappa shape index (κ1) is 17.9. The van der Waals surface area contributed by atoms with Crippen LogP contribution in [-0.4, -0.2) is 27.8 Å². The van der Waals surface area contributed by atoms with Gasteiger partial charge in [-0.15, -0.1) is 0 Å². The van der Waals surface area contributed by atoms with Crippen LogP contribution in [0.4, 0.5) is 0 Å². The molecule has 1 N–H and O–H groups in total. The third kappa shape index (κ3) is 3.82. The Kier molecular flexibility index (Phi) is 5.46. The summed E-state index contributed by atoms with van der Waals surface area (Å²) in [6, 6.07) is 16.8. The van der Waals surface area contributed by atoms with Crippen molar-refractivity contribution in [2.75, 3.05) is 6.54 Å². The average Bonchev–Trinajstić information content (AvgIpc) is 3.03. The van der Waals surface area contributed by atoms with Crippen molar-refractivity contribution < 1.29 is 9.59 Å². The fourth-order valence-corrected chi connectivity index (χ4v) is 3.02. The number of nitrogens with zero attached hydrogens (tertiary/aromatic N) is 2. The second-order valence-electron chi connectivity index (χ2n) is 6.40. The molecule has 26 heavy (non-hydrogen) atoms. The van der Waals surface area contributed by atoms with Crippen molar-refractivity contribution in [3.8, 4) is 0 Å². The minimum atomic E-state index is -0.253. The third-order valence-electron chi connectivity index (χ3n) is 4.54. The van der Waals surface area contributed by atoms with E-state index in [4.69, 9.17) is 0 Å². The van der Waals surface area contributed by atoms with Crippen molar-refractivity contribution in [2.45, 2.75) is 32.7 Å². The minimum Gasteiger partial charge on any atom is -0.352 e. The van der Waals surface area contributed by atoms with Crippen LogP contribution in [0.3, 0.4) is 0 Å². The van der Waals surface area contributed by atoms with E-state index < -0.39 is 0 Å². The molecule has 5 heteroatoms. The molecule has 1 unspecified atom stereocenters. The maximum absolute atomic E-state index is 12.1. The summed E-state index contributed by atoms with van der Waals surface area (Å²) in [5.41, 5.74) is 2.52. The molecular weight excluding hydrogens is 326 g/mol. The number of amides is 1. The summed E-state index contributed by atoms with van der Waals surface area (Å²) in [6.07, 6.45) is 1.45. The summed E-state index contributed by atoms with van der Waals surface area (Å²) < 4.78 is 2.01. The van der Waals surface area contributed by atoms with Gasteiger partial charge in [0.25, 0.3) is 5.91 Å². The largest absolute Gasteiger partial charge is 0.352 e. The SMILES string of the molecule is CC(=O)C(C)n1c(CCCNC(=O)c2ccccc2)nc2ccccc21. The first-order valence-corrected chi connectivity index (χ1v) is 8.87. The van der Waals surface area contributed by atoms with Crippen LogP contribution in [0.25, 0.3) is 11.0 Å². The number of fused-ring (bicyclic) bond motifs is 1. The lowest BCUT2D eigenvalue weighted by Gasteiger charge is -2.15. The van der Waals surface area contributed by atoms with Gasteiger partial charge in [-0.05, 0) is 44.5 Å². The number of nitrogens with one attached hydrogen (secondary N) is 1. The predicted molar refractivity (Wildman–Crippen MR) is 102 cm³/mol. The summed E-state index contributed by atoms with van der Waals surface area (Å²) >= 11 is 0. The van der Waals surface area contributed by atoms with Crippen molar-refractivity contribution >= 4 is 22.7 Å². The number of carbonyl (C=O) groups is 2. The van der Waals surface area contributed by atoms with E-state index in [-0.39, 0.29) is 17.7 Å². The molecule has 1 heterocycles. The second-order valence-corrected chi connectivity index (χ2v) is 6.40. The first-order chi connectivity index (χ1) is 12.6. The van der Waals surface area contributed by atoms with E-state index in [2.05, 4.69) is 10.3 Å². The normalized spacial score (nSPS) is 12.1. The number of rotatable bonds is 7. The number of aryl methyl sites for hydroxylation is 1. The van der Waals surface area contributed by atoms with Crippen LogP contribution < -0.4 is 5.32 Å². The summed E-state index contributed by atoms with van der Waals surface area (Å²) in [7, 11) is 0. The standard InChI is InChI=1S/C21H23N3O2/c1-15(16(2)25)24-19-12-7-6-11-18(19)23-20(24)13-8-14-22-21(26)17-9-4-3-5-10-17/h3-7,9-12,15H,8,13-14H2,1-2H3,(H,22,26). The molecule has 0 bridgehead atoms. The number of imidazole rings is 1. The quantitative estimate of drug-likeness (QED) is 0.664. The van der Waals surface area contributed by atoms with Crippen molar-refractivity contribution in [1.82, 2.24) is 14.9 Å². The fraction of sp³-hybridized carbons (Fsp3) is 0.286. The lowest BCUT2D eigenvalue weighted by molar-refractivity contribution is -0.119. The van der Waals surface area contributed by atoms with Crippen molar-refractivity contribution in [1.29, 1.82) is 0 Å². The minimum absolute atomic E-state index is 0.0730. The van der Waals surface area contributed by atoms with Gasteiger partial charge in [0.05, 0.1) is 17.1 Å². The molecule has 0 spiro atoms. The zero-order valence-corrected chi connectivity index (χ0v) is 15.1. The molecule has 1 atom stereocenters. The van der Waals surface area contributed by atoms with Gasteiger partial charge in [0.2, 0.25) is 0 Å². The Bertz CT molecular complexity index is 915. The molecule has 134 valence electrons. The van der Waals surface area contributed by atoms with Crippen LogP contribution in [0.15, 0.2) is 54.6 Å². The molecule has 0 fully saturated rings. The lowest BCUT2D eigenvalue weighted by atomic mass is 10.2. The van der Waals surface area contributed by atoms with Crippen LogP contribution in [0.5, 0.6) is 0 Å². The molecule has 3 rings (SSSR count). The Balaban J connectivity index is 1.68. The molecule has 0 aliphatic carbocycles. The highest BCUT2D eigenvalue weighted by Gasteiger charge is 2.18. The van der Waals surface area contributed by atoms with Gasteiger partial charge in [0.15, 0.2) is 5.78 Å². The molecule has 0 saturated carbocycles. The molecule has 0 saturated heterocycles. The molecule has 1 amide bonds. The Morgan fingerprint density at radius 2 is 1.77 bits per heavy atom. The van der Waals surface area contributed by atoms with Crippen molar-refractivity contribution in [3.05, 3.63) is 66.0 Å². The van der Waals surface area contributed by atoms with Gasteiger partial charge in [0.1, 0.15) is 5.82 Å². The molecule has 1 aromatic heterocycles. The second kappa shape index (κ2) is 7.95. The topological polar surface area (TPSA) is 64.0 Å². The highest BCUT2D eigenvalue weighted by molar-refractivity contribution is 5.94. The Labute approximate surface area is 153 Å². The number of para-hydroxylation sites is 2. The van der Waals surface area contributed by atoms with Crippen LogP contribution in [-0.2, 0) is 11.2 Å². The summed E-state index contributed by atoms with van der Waals surface area (Å²) in [5.74, 6) is 0.908. The number of benzene rings is 2. The molecular formula is C21H23N3O2. The van der Waals surface area contributed by atoms with Crippen LogP contribution in [0.1, 0.15) is 42.5 Å². The van der Waals surface area contributed by atoms with E-state index in [1.807, 2.05) is 54.0 Å². The third-order valence-corrected chi connectivity index (χ3v) is 4.54. The van der Waals surface area contributed by atoms with Gasteiger partial charge >= 0.3 is 0 Å². The summed E-state index contributed by atoms with van der Waals surface area (Å²) in [5, 5.41) is 2.93. The predicted octanol–water partition coefficient (Wildman–Crippen LogP) is 3.55. The van der Waals surface area contributed by atoms with Gasteiger partial charge < -0.3 is 9.88 Å². The number of hydrogen-bond donors (Lipinski definition) is 1. The number of ketones is 1. The highest BCUT2D eigenvalue weighted by Crippen LogP contribution is 2.22. The van der Waals surface area contributed by atoms with Gasteiger partial charge in [-0.1, -0.05) is 30.3 Å². The van der Waals surface area contributed by atoms with Crippen molar-refractivity contribution in [2.24, 2.45) is 0 Å². The highest BCUT2D eigenvalue weighted by atomic mass is 16.1. The average molecular weight is 349 g/mol. The van der Waals surface area contributed by atoms with Crippen LogP contribution in [0.2, 0.25) is 0 Å². The van der Waals surface area contributed by atoms with Crippen LogP contribution >= 0.6 is 0 Å². The van der Waals surface area contributed by atoms with E-state index in [1.54, 1.807) is 19.1 Å². The van der Waals surface area contributed by atoms with Gasteiger partial charge in [-0.25, -0.2) is 4.98 Å². The Morgan fingerprint density at radius 1 is 1.08 bits per heavy atom. The molecule has 3 aromatic rings. The van der Waals surface area contributed by atoms with Gasteiger partial charge in [0, 0.05) is 18.5 Å². The number of carbonyl (C=O) groups excluding carboxylic acids is 2. The molecule has 2 aromatic carbocycles. The van der Waals surface area contributed by atoms with E-state index in [0.29, 0.717) is 18.5 Å². The van der Waals surface area contributed by atoms with E-state index in [0.717, 1.165) is 23.3 Å². The molecule has 0 radical (unpaired) electrons. The smallest absolute Gasteiger partial charge is 0.251 e. The van der Waals surface area contributed by atoms with Crippen LogP contribution in [0, 0.1) is 0 Å². The van der Waals surface area contributed by atoms with E-state index in [9.17, 15) is 9.59 Å². The number of Topliss-reactive ketones (excluding diaryl/α,β-unsaturated/α-hetero) is 1.